The van der Waals surface area contributed by atoms with E-state index in [0.29, 0.717) is 11.3 Å². The molecule has 3 rings (SSSR count). The number of nitrogens with zero attached hydrogens (tertiary/aromatic N) is 4. The van der Waals surface area contributed by atoms with Gasteiger partial charge < -0.3 is 24.1 Å². The maximum Gasteiger partial charge on any atom is 0.408 e. The van der Waals surface area contributed by atoms with Gasteiger partial charge in [0, 0.05) is 29.3 Å². The van der Waals surface area contributed by atoms with Crippen molar-refractivity contribution >= 4 is 28.9 Å². The molecule has 0 aliphatic carbocycles. The van der Waals surface area contributed by atoms with Gasteiger partial charge in [-0.15, -0.1) is 0 Å². The summed E-state index contributed by atoms with van der Waals surface area (Å²) in [6, 6.07) is 6.69. The van der Waals surface area contributed by atoms with Gasteiger partial charge in [-0.3, -0.25) is 0 Å². The van der Waals surface area contributed by atoms with Gasteiger partial charge in [0.15, 0.2) is 6.04 Å². The van der Waals surface area contributed by atoms with Crippen molar-refractivity contribution < 1.29 is 28.6 Å². The van der Waals surface area contributed by atoms with Crippen LogP contribution in [0.4, 0.5) is 4.79 Å². The second-order valence-corrected chi connectivity index (χ2v) is 9.79. The third kappa shape index (κ3) is 6.27. The number of hydrogen-bond donors (Lipinski definition) is 1. The van der Waals surface area contributed by atoms with E-state index in [1.807, 2.05) is 42.8 Å². The number of rotatable bonds is 7. The molecule has 11 nitrogen and oxygen atoms in total. The molecule has 2 heterocycles. The smallest absolute Gasteiger partial charge is 0.408 e. The van der Waals surface area contributed by atoms with Crippen molar-refractivity contribution in [2.75, 3.05) is 7.11 Å². The maximum absolute atomic E-state index is 12.8. The molecule has 0 fully saturated rings. The molecule has 196 valence electrons. The van der Waals surface area contributed by atoms with Crippen LogP contribution in [0.15, 0.2) is 36.8 Å². The van der Waals surface area contributed by atoms with Crippen molar-refractivity contribution in [3.63, 3.8) is 0 Å². The summed E-state index contributed by atoms with van der Waals surface area (Å²) in [5.74, 6) is -1.54. The number of aromatic nitrogens is 3. The Labute approximate surface area is 214 Å². The monoisotopic (exact) mass is 509 g/mol. The van der Waals surface area contributed by atoms with Gasteiger partial charge in [0.2, 0.25) is 0 Å². The quantitative estimate of drug-likeness (QED) is 0.374. The van der Waals surface area contributed by atoms with Gasteiger partial charge in [0.1, 0.15) is 17.8 Å². The summed E-state index contributed by atoms with van der Waals surface area (Å²) < 4.78 is 18.9. The van der Waals surface area contributed by atoms with Crippen molar-refractivity contribution in [3.8, 4) is 11.8 Å². The number of benzene rings is 1. The van der Waals surface area contributed by atoms with Crippen LogP contribution >= 0.6 is 0 Å². The minimum Gasteiger partial charge on any atom is -0.467 e. The molecule has 0 spiro atoms. The summed E-state index contributed by atoms with van der Waals surface area (Å²) in [7, 11) is 1.16. The Morgan fingerprint density at radius 1 is 1.14 bits per heavy atom. The minimum absolute atomic E-state index is 0.132. The second kappa shape index (κ2) is 10.7. The molecule has 0 saturated heterocycles. The third-order valence-corrected chi connectivity index (χ3v) is 5.47. The summed E-state index contributed by atoms with van der Waals surface area (Å²) in [6.07, 6.45) is 2.71. The van der Waals surface area contributed by atoms with Gasteiger partial charge in [0.25, 0.3) is 0 Å². The number of alkyl carbamates (subject to hydrolysis) is 1. The maximum atomic E-state index is 12.8. The third-order valence-electron chi connectivity index (χ3n) is 5.47. The Morgan fingerprint density at radius 2 is 1.84 bits per heavy atom. The zero-order valence-corrected chi connectivity index (χ0v) is 21.9. The van der Waals surface area contributed by atoms with Gasteiger partial charge >= 0.3 is 18.0 Å². The Morgan fingerprint density at radius 3 is 2.43 bits per heavy atom. The van der Waals surface area contributed by atoms with Gasteiger partial charge in [-0.25, -0.2) is 19.1 Å². The minimum atomic E-state index is -1.28. The van der Waals surface area contributed by atoms with Crippen molar-refractivity contribution in [2.24, 2.45) is 0 Å². The van der Waals surface area contributed by atoms with Gasteiger partial charge in [0.05, 0.1) is 30.1 Å². The van der Waals surface area contributed by atoms with Crippen LogP contribution in [0.5, 0.6) is 0 Å². The van der Waals surface area contributed by atoms with Crippen LogP contribution < -0.4 is 5.32 Å². The Hall–Kier alpha value is -4.33. The molecule has 3 aromatic rings. The first-order valence-corrected chi connectivity index (χ1v) is 11.7. The summed E-state index contributed by atoms with van der Waals surface area (Å²) in [6.45, 7) is 10.6. The van der Waals surface area contributed by atoms with Gasteiger partial charge in [-0.1, -0.05) is 0 Å². The molecular formula is C26H31N5O6. The largest absolute Gasteiger partial charge is 0.467 e. The molecule has 37 heavy (non-hydrogen) atoms. The summed E-state index contributed by atoms with van der Waals surface area (Å²) in [4.78, 5) is 37.2. The van der Waals surface area contributed by atoms with E-state index < -0.39 is 35.8 Å². The number of carbonyl (C=O) groups excluding carboxylic acids is 3. The number of methoxy groups -OCH3 is 1. The van der Waals surface area contributed by atoms with E-state index in [4.69, 9.17) is 14.2 Å². The molecule has 1 amide bonds. The van der Waals surface area contributed by atoms with Crippen molar-refractivity contribution in [1.82, 2.24) is 19.7 Å². The molecule has 0 radical (unpaired) electrons. The van der Waals surface area contributed by atoms with E-state index in [0.717, 1.165) is 18.0 Å². The number of fused-ring (bicyclic) bond motifs is 1. The standard InChI is InChI=1S/C26H31N5O6/c1-15(2)30-13-17(11-27)20-10-19(8-9-21(20)30)31-14-18(12-28-31)23(32)36-16(3)22(24(33)35-7)29-25(34)37-26(4,5)6/h8-10,12-16,22H,1-7H3,(H,29,34)/t16-,22+/m1/s1. The van der Waals surface area contributed by atoms with Crippen molar-refractivity contribution in [3.05, 3.63) is 47.9 Å². The summed E-state index contributed by atoms with van der Waals surface area (Å²) in [5, 5.41) is 17.0. The number of hydrogen-bond acceptors (Lipinski definition) is 8. The Balaban J connectivity index is 1.78. The van der Waals surface area contributed by atoms with Gasteiger partial charge in [-0.05, 0) is 59.7 Å². The number of ether oxygens (including phenoxy) is 3. The molecule has 0 aliphatic rings. The number of esters is 2. The Bertz CT molecular complexity index is 1360. The molecule has 0 bridgehead atoms. The lowest BCUT2D eigenvalue weighted by Gasteiger charge is -2.25. The van der Waals surface area contributed by atoms with E-state index in [1.165, 1.54) is 24.0 Å². The zero-order chi connectivity index (χ0) is 27.5. The molecule has 2 aromatic heterocycles. The normalized spacial score (nSPS) is 13.1. The predicted octanol–water partition coefficient (Wildman–Crippen LogP) is 3.89. The number of carbonyl (C=O) groups is 3. The molecule has 0 saturated carbocycles. The summed E-state index contributed by atoms with van der Waals surface area (Å²) in [5.41, 5.74) is 1.46. The van der Waals surface area contributed by atoms with E-state index in [1.54, 1.807) is 20.8 Å². The first kappa shape index (κ1) is 27.3. The molecule has 11 heteroatoms. The molecular weight excluding hydrogens is 478 g/mol. The lowest BCUT2D eigenvalue weighted by atomic mass is 10.1. The fraction of sp³-hybridized carbons (Fsp3) is 0.423. The highest BCUT2D eigenvalue weighted by Crippen LogP contribution is 2.26. The van der Waals surface area contributed by atoms with Crippen molar-refractivity contribution in [1.29, 1.82) is 5.26 Å². The molecule has 0 unspecified atom stereocenters. The average molecular weight is 510 g/mol. The SMILES string of the molecule is COC(=O)[C@@H](NC(=O)OC(C)(C)C)[C@@H](C)OC(=O)c1cnn(-c2ccc3c(c2)c(C#N)cn3C(C)C)c1. The first-order valence-electron chi connectivity index (χ1n) is 11.7. The van der Waals surface area contributed by atoms with E-state index in [2.05, 4.69) is 16.5 Å². The summed E-state index contributed by atoms with van der Waals surface area (Å²) >= 11 is 0. The van der Waals surface area contributed by atoms with Crippen LogP contribution in [-0.4, -0.2) is 57.2 Å². The van der Waals surface area contributed by atoms with E-state index in [-0.39, 0.29) is 11.6 Å². The highest BCUT2D eigenvalue weighted by molar-refractivity contribution is 5.90. The molecule has 2 atom stereocenters. The molecule has 1 N–H and O–H groups in total. The fourth-order valence-electron chi connectivity index (χ4n) is 3.71. The topological polar surface area (TPSA) is 137 Å². The second-order valence-electron chi connectivity index (χ2n) is 9.79. The predicted molar refractivity (Wildman–Crippen MR) is 134 cm³/mol. The average Bonchev–Trinajstić information content (AvgIpc) is 3.45. The molecule has 1 aromatic carbocycles. The van der Waals surface area contributed by atoms with Crippen LogP contribution in [0.1, 0.15) is 63.5 Å². The number of nitriles is 1. The van der Waals surface area contributed by atoms with E-state index >= 15 is 0 Å². The van der Waals surface area contributed by atoms with E-state index in [9.17, 15) is 19.6 Å². The number of nitrogens with one attached hydrogen (secondary N) is 1. The first-order chi connectivity index (χ1) is 17.3. The highest BCUT2D eigenvalue weighted by Gasteiger charge is 2.33. The Kier molecular flexibility index (Phi) is 7.91. The van der Waals surface area contributed by atoms with Crippen LogP contribution in [0, 0.1) is 11.3 Å². The van der Waals surface area contributed by atoms with Crippen LogP contribution in [0.2, 0.25) is 0 Å². The van der Waals surface area contributed by atoms with Crippen molar-refractivity contribution in [2.45, 2.75) is 65.3 Å². The van der Waals surface area contributed by atoms with Crippen LogP contribution in [-0.2, 0) is 19.0 Å². The zero-order valence-electron chi connectivity index (χ0n) is 21.9. The van der Waals surface area contributed by atoms with Gasteiger partial charge in [-0.2, -0.15) is 10.4 Å². The fourth-order valence-corrected chi connectivity index (χ4v) is 3.71. The molecule has 0 aliphatic heterocycles. The lowest BCUT2D eigenvalue weighted by Crippen LogP contribution is -2.51. The van der Waals surface area contributed by atoms with Crippen LogP contribution in [0.3, 0.4) is 0 Å². The highest BCUT2D eigenvalue weighted by atomic mass is 16.6. The number of amides is 1. The van der Waals surface area contributed by atoms with Crippen LogP contribution in [0.25, 0.3) is 16.6 Å². The lowest BCUT2D eigenvalue weighted by molar-refractivity contribution is -0.145.